The Hall–Kier alpha value is -3.13. The summed E-state index contributed by atoms with van der Waals surface area (Å²) in [7, 11) is 0. The van der Waals surface area contributed by atoms with Gasteiger partial charge >= 0.3 is 18.0 Å². The molecule has 0 radical (unpaired) electrons. The monoisotopic (exact) mass is 430 g/mol. The molecule has 0 fully saturated rings. The minimum absolute atomic E-state index is 0.0332. The molecule has 2 atom stereocenters. The van der Waals surface area contributed by atoms with Gasteiger partial charge < -0.3 is 25.2 Å². The van der Waals surface area contributed by atoms with Gasteiger partial charge in [0.15, 0.2) is 6.10 Å². The summed E-state index contributed by atoms with van der Waals surface area (Å²) < 4.78 is 5.15. The van der Waals surface area contributed by atoms with Gasteiger partial charge in [0.1, 0.15) is 6.04 Å². The fraction of sp³-hybridized carbons (Fsp3) is 0.435. The molecule has 0 aliphatic carbocycles. The van der Waals surface area contributed by atoms with Crippen LogP contribution in [0.15, 0.2) is 42.5 Å². The molecule has 0 heterocycles. The Labute approximate surface area is 181 Å². The Morgan fingerprint density at radius 2 is 1.74 bits per heavy atom. The number of aliphatic hydroxyl groups excluding tert-OH is 1. The fourth-order valence-corrected chi connectivity index (χ4v) is 3.33. The third-order valence-corrected chi connectivity index (χ3v) is 4.72. The number of urea groups is 1. The van der Waals surface area contributed by atoms with Gasteiger partial charge in [0.25, 0.3) is 0 Å². The molecule has 0 aromatic heterocycles. The van der Waals surface area contributed by atoms with Gasteiger partial charge in [-0.1, -0.05) is 56.3 Å². The summed E-state index contributed by atoms with van der Waals surface area (Å²) in [4.78, 5) is 37.8. The standard InChI is InChI=1S/C23H30N2O6/c1-4-31-22(29)19(12-17-10-7-9-16-8-5-6-11-18(16)17)24-23(30)25(13-15(2)3)14-20(26)21(27)28/h5-11,15,19-20,26H,4,12-14H2,1-3H3,(H,24,30)(H,27,28). The second kappa shape index (κ2) is 11.3. The Bertz CT molecular complexity index is 909. The number of benzene rings is 2. The van der Waals surface area contributed by atoms with E-state index in [9.17, 15) is 19.5 Å². The van der Waals surface area contributed by atoms with Crippen molar-refractivity contribution >= 4 is 28.7 Å². The van der Waals surface area contributed by atoms with Crippen LogP contribution in [0.2, 0.25) is 0 Å². The first-order valence-electron chi connectivity index (χ1n) is 10.3. The average Bonchev–Trinajstić information content (AvgIpc) is 2.72. The van der Waals surface area contributed by atoms with Crippen molar-refractivity contribution < 1.29 is 29.3 Å². The predicted molar refractivity (Wildman–Crippen MR) is 117 cm³/mol. The number of carboxylic acids is 1. The molecule has 0 saturated heterocycles. The number of amides is 2. The van der Waals surface area contributed by atoms with Gasteiger partial charge in [0.05, 0.1) is 13.2 Å². The molecule has 2 amide bonds. The Balaban J connectivity index is 2.26. The van der Waals surface area contributed by atoms with E-state index >= 15 is 0 Å². The molecule has 168 valence electrons. The van der Waals surface area contributed by atoms with Crippen molar-refractivity contribution in [1.82, 2.24) is 10.2 Å². The lowest BCUT2D eigenvalue weighted by Gasteiger charge is -2.28. The zero-order valence-corrected chi connectivity index (χ0v) is 18.1. The maximum atomic E-state index is 12.9. The first-order valence-corrected chi connectivity index (χ1v) is 10.3. The van der Waals surface area contributed by atoms with E-state index in [1.165, 1.54) is 4.90 Å². The number of carbonyl (C=O) groups is 3. The molecule has 8 nitrogen and oxygen atoms in total. The Morgan fingerprint density at radius 1 is 1.06 bits per heavy atom. The smallest absolute Gasteiger partial charge is 0.334 e. The predicted octanol–water partition coefficient (Wildman–Crippen LogP) is 2.43. The number of carboxylic acid groups (broad SMARTS) is 1. The number of aliphatic hydroxyl groups is 1. The third-order valence-electron chi connectivity index (χ3n) is 4.72. The number of nitrogens with one attached hydrogen (secondary N) is 1. The number of rotatable bonds is 10. The van der Waals surface area contributed by atoms with Crippen LogP contribution in [0, 0.1) is 5.92 Å². The molecule has 2 rings (SSSR count). The molecule has 2 unspecified atom stereocenters. The zero-order valence-electron chi connectivity index (χ0n) is 18.1. The van der Waals surface area contributed by atoms with Gasteiger partial charge in [-0.05, 0) is 29.2 Å². The maximum absolute atomic E-state index is 12.9. The first-order chi connectivity index (χ1) is 14.7. The van der Waals surface area contributed by atoms with Gasteiger partial charge in [0, 0.05) is 13.0 Å². The lowest BCUT2D eigenvalue weighted by molar-refractivity contribution is -0.148. The molecule has 8 heteroatoms. The van der Waals surface area contributed by atoms with Crippen LogP contribution >= 0.6 is 0 Å². The van der Waals surface area contributed by atoms with Crippen molar-refractivity contribution in [1.29, 1.82) is 0 Å². The molecule has 2 aromatic carbocycles. The van der Waals surface area contributed by atoms with Crippen LogP contribution in [0.25, 0.3) is 10.8 Å². The van der Waals surface area contributed by atoms with Crippen LogP contribution in [0.5, 0.6) is 0 Å². The molecule has 0 spiro atoms. The van der Waals surface area contributed by atoms with E-state index in [-0.39, 0.29) is 32.0 Å². The summed E-state index contributed by atoms with van der Waals surface area (Å²) in [5.41, 5.74) is 0.873. The van der Waals surface area contributed by atoms with Crippen molar-refractivity contribution in [2.24, 2.45) is 5.92 Å². The van der Waals surface area contributed by atoms with Crippen molar-refractivity contribution in [2.75, 3.05) is 19.7 Å². The van der Waals surface area contributed by atoms with Crippen molar-refractivity contribution in [3.05, 3.63) is 48.0 Å². The number of esters is 1. The zero-order chi connectivity index (χ0) is 23.0. The topological polar surface area (TPSA) is 116 Å². The van der Waals surface area contributed by atoms with E-state index in [1.807, 2.05) is 56.3 Å². The van der Waals surface area contributed by atoms with E-state index in [2.05, 4.69) is 5.32 Å². The Kier molecular flexibility index (Phi) is 8.81. The molecule has 0 aliphatic heterocycles. The summed E-state index contributed by atoms with van der Waals surface area (Å²) in [5.74, 6) is -1.96. The largest absolute Gasteiger partial charge is 0.479 e. The number of ether oxygens (including phenoxy) is 1. The highest BCUT2D eigenvalue weighted by Gasteiger charge is 2.28. The molecule has 2 aromatic rings. The average molecular weight is 431 g/mol. The van der Waals surface area contributed by atoms with Crippen LogP contribution in [0.1, 0.15) is 26.3 Å². The first kappa shape index (κ1) is 24.1. The molecule has 0 saturated carbocycles. The molecular formula is C23H30N2O6. The summed E-state index contributed by atoms with van der Waals surface area (Å²) in [6.45, 7) is 5.42. The third kappa shape index (κ3) is 6.96. The fourth-order valence-electron chi connectivity index (χ4n) is 3.33. The number of hydrogen-bond donors (Lipinski definition) is 3. The minimum Gasteiger partial charge on any atom is -0.479 e. The molecule has 0 bridgehead atoms. The SMILES string of the molecule is CCOC(=O)C(Cc1cccc2ccccc12)NC(=O)N(CC(C)C)CC(O)C(=O)O. The van der Waals surface area contributed by atoms with Crippen molar-refractivity contribution in [2.45, 2.75) is 39.3 Å². The molecule has 31 heavy (non-hydrogen) atoms. The normalized spacial score (nSPS) is 12.9. The highest BCUT2D eigenvalue weighted by atomic mass is 16.5. The molecule has 3 N–H and O–H groups in total. The van der Waals surface area contributed by atoms with Crippen LogP contribution in [-0.2, 0) is 20.7 Å². The van der Waals surface area contributed by atoms with Crippen molar-refractivity contribution in [3.8, 4) is 0 Å². The van der Waals surface area contributed by atoms with Crippen LogP contribution in [0.3, 0.4) is 0 Å². The van der Waals surface area contributed by atoms with Gasteiger partial charge in [-0.3, -0.25) is 0 Å². The van der Waals surface area contributed by atoms with Crippen molar-refractivity contribution in [3.63, 3.8) is 0 Å². The number of aliphatic carboxylic acids is 1. The van der Waals surface area contributed by atoms with Gasteiger partial charge in [0.2, 0.25) is 0 Å². The second-order valence-electron chi connectivity index (χ2n) is 7.75. The highest BCUT2D eigenvalue weighted by molar-refractivity contribution is 5.88. The number of hydrogen-bond acceptors (Lipinski definition) is 5. The summed E-state index contributed by atoms with van der Waals surface area (Å²) in [6.07, 6.45) is -1.51. The molecular weight excluding hydrogens is 400 g/mol. The number of carbonyl (C=O) groups excluding carboxylic acids is 2. The maximum Gasteiger partial charge on any atom is 0.334 e. The quantitative estimate of drug-likeness (QED) is 0.499. The highest BCUT2D eigenvalue weighted by Crippen LogP contribution is 2.20. The summed E-state index contributed by atoms with van der Waals surface area (Å²) in [5, 5.41) is 23.4. The van der Waals surface area contributed by atoms with E-state index in [0.29, 0.717) is 0 Å². The summed E-state index contributed by atoms with van der Waals surface area (Å²) in [6, 6.07) is 11.9. The Morgan fingerprint density at radius 3 is 2.39 bits per heavy atom. The van der Waals surface area contributed by atoms with Gasteiger partial charge in [-0.25, -0.2) is 14.4 Å². The number of fused-ring (bicyclic) bond motifs is 1. The molecule has 0 aliphatic rings. The van der Waals surface area contributed by atoms with E-state index in [1.54, 1.807) is 6.92 Å². The van der Waals surface area contributed by atoms with E-state index < -0.39 is 30.1 Å². The second-order valence-corrected chi connectivity index (χ2v) is 7.75. The lowest BCUT2D eigenvalue weighted by atomic mass is 9.99. The lowest BCUT2D eigenvalue weighted by Crippen LogP contribution is -2.52. The van der Waals surface area contributed by atoms with Crippen LogP contribution < -0.4 is 5.32 Å². The summed E-state index contributed by atoms with van der Waals surface area (Å²) >= 11 is 0. The minimum atomic E-state index is -1.72. The van der Waals surface area contributed by atoms with Crippen LogP contribution in [-0.4, -0.2) is 64.9 Å². The van der Waals surface area contributed by atoms with E-state index in [0.717, 1.165) is 16.3 Å². The van der Waals surface area contributed by atoms with Crippen LogP contribution in [0.4, 0.5) is 4.79 Å². The number of nitrogens with zero attached hydrogens (tertiary/aromatic N) is 1. The van der Waals surface area contributed by atoms with Gasteiger partial charge in [-0.2, -0.15) is 0 Å². The van der Waals surface area contributed by atoms with Gasteiger partial charge in [-0.15, -0.1) is 0 Å². The van der Waals surface area contributed by atoms with E-state index in [4.69, 9.17) is 9.84 Å².